The van der Waals surface area contributed by atoms with Crippen molar-refractivity contribution >= 4 is 29.4 Å². The van der Waals surface area contributed by atoms with Crippen LogP contribution >= 0.6 is 11.3 Å². The van der Waals surface area contributed by atoms with Crippen molar-refractivity contribution in [3.63, 3.8) is 0 Å². The molecule has 1 atom stereocenters. The summed E-state index contributed by atoms with van der Waals surface area (Å²) in [7, 11) is 0. The summed E-state index contributed by atoms with van der Waals surface area (Å²) in [5, 5.41) is 12.8. The number of aryl methyl sites for hydroxylation is 1. The van der Waals surface area contributed by atoms with E-state index < -0.39 is 5.97 Å². The summed E-state index contributed by atoms with van der Waals surface area (Å²) in [6, 6.07) is 8.29. The lowest BCUT2D eigenvalue weighted by molar-refractivity contribution is 0.0696. The lowest BCUT2D eigenvalue weighted by Gasteiger charge is -2.19. The molecule has 1 aliphatic rings. The molecule has 2 aromatic rings. The molecule has 1 aromatic heterocycles. The molecule has 1 aromatic carbocycles. The van der Waals surface area contributed by atoms with Crippen LogP contribution in [0.2, 0.25) is 0 Å². The summed E-state index contributed by atoms with van der Waals surface area (Å²) in [6.45, 7) is 2.22. The van der Waals surface area contributed by atoms with Crippen molar-refractivity contribution in [3.8, 4) is 0 Å². The molecule has 0 spiro atoms. The molecule has 25 heavy (non-hydrogen) atoms. The average Bonchev–Trinajstić information content (AvgIpc) is 3.05. The minimum Gasteiger partial charge on any atom is -0.478 e. The molecule has 130 valence electrons. The van der Waals surface area contributed by atoms with Gasteiger partial charge < -0.3 is 5.11 Å². The van der Waals surface area contributed by atoms with Crippen LogP contribution in [0.3, 0.4) is 0 Å². The van der Waals surface area contributed by atoms with E-state index in [9.17, 15) is 9.59 Å². The summed E-state index contributed by atoms with van der Waals surface area (Å²) >= 11 is 1.56. The molecule has 1 amide bonds. The molecule has 0 saturated heterocycles. The summed E-state index contributed by atoms with van der Waals surface area (Å²) in [5.74, 6) is -0.445. The molecular formula is C19H20N2O3S. The van der Waals surface area contributed by atoms with Crippen LogP contribution in [0.25, 0.3) is 0 Å². The molecule has 0 aliphatic heterocycles. The maximum absolute atomic E-state index is 12.3. The maximum atomic E-state index is 12.3. The van der Waals surface area contributed by atoms with Gasteiger partial charge in [-0.25, -0.2) is 10.2 Å². The first-order valence-electron chi connectivity index (χ1n) is 8.35. The van der Waals surface area contributed by atoms with Gasteiger partial charge in [-0.1, -0.05) is 25.5 Å². The van der Waals surface area contributed by atoms with Crippen LogP contribution in [0.4, 0.5) is 0 Å². The Hall–Kier alpha value is -2.47. The van der Waals surface area contributed by atoms with E-state index in [-0.39, 0.29) is 11.5 Å². The number of carbonyl (C=O) groups excluding carboxylic acids is 1. The van der Waals surface area contributed by atoms with E-state index in [0.29, 0.717) is 4.88 Å². The van der Waals surface area contributed by atoms with Gasteiger partial charge in [0.2, 0.25) is 0 Å². The van der Waals surface area contributed by atoms with Crippen LogP contribution in [-0.2, 0) is 12.8 Å². The van der Waals surface area contributed by atoms with Gasteiger partial charge in [-0.2, -0.15) is 5.10 Å². The van der Waals surface area contributed by atoms with Crippen LogP contribution in [0.5, 0.6) is 0 Å². The van der Waals surface area contributed by atoms with Crippen molar-refractivity contribution in [2.24, 2.45) is 11.0 Å². The van der Waals surface area contributed by atoms with Crippen molar-refractivity contribution in [1.82, 2.24) is 5.43 Å². The van der Waals surface area contributed by atoms with E-state index in [1.54, 1.807) is 23.5 Å². The first-order valence-corrected chi connectivity index (χ1v) is 9.16. The average molecular weight is 356 g/mol. The van der Waals surface area contributed by atoms with E-state index in [2.05, 4.69) is 17.5 Å². The standard InChI is InChI=1S/C19H20N2O3S/c1-2-12-5-8-16-15(9-12)10-17(25-16)18(22)21-20-11-13-3-6-14(7-4-13)19(23)24/h3-4,6-7,10-12H,2,5,8-9H2,1H3,(H,21,22)(H,23,24)/b20-11-/t12-/m1/s1. The molecule has 0 bridgehead atoms. The third-order valence-corrected chi connectivity index (χ3v) is 5.76. The number of nitrogens with one attached hydrogen (secondary N) is 1. The number of carboxylic acids is 1. The molecule has 0 unspecified atom stereocenters. The first-order chi connectivity index (χ1) is 12.1. The van der Waals surface area contributed by atoms with Crippen LogP contribution < -0.4 is 5.43 Å². The zero-order valence-corrected chi connectivity index (χ0v) is 14.8. The van der Waals surface area contributed by atoms with Crippen LogP contribution in [-0.4, -0.2) is 23.2 Å². The highest BCUT2D eigenvalue weighted by atomic mass is 32.1. The SMILES string of the molecule is CC[C@@H]1CCc2sc(C(=O)N/N=C\c3ccc(C(=O)O)cc3)cc2C1. The fraction of sp³-hybridized carbons (Fsp3) is 0.316. The van der Waals surface area contributed by atoms with Gasteiger partial charge in [0.1, 0.15) is 0 Å². The number of hydrogen-bond donors (Lipinski definition) is 2. The molecular weight excluding hydrogens is 336 g/mol. The van der Waals surface area contributed by atoms with Crippen molar-refractivity contribution < 1.29 is 14.7 Å². The summed E-state index contributed by atoms with van der Waals surface area (Å²) < 4.78 is 0. The van der Waals surface area contributed by atoms with Gasteiger partial charge in [-0.05, 0) is 54.5 Å². The van der Waals surface area contributed by atoms with Crippen LogP contribution in [0.15, 0.2) is 35.4 Å². The molecule has 1 heterocycles. The van der Waals surface area contributed by atoms with Gasteiger partial charge in [0.25, 0.3) is 5.91 Å². The fourth-order valence-corrected chi connectivity index (χ4v) is 4.09. The zero-order chi connectivity index (χ0) is 17.8. The lowest BCUT2D eigenvalue weighted by Crippen LogP contribution is -2.16. The number of thiophene rings is 1. The van der Waals surface area contributed by atoms with Gasteiger partial charge in [0, 0.05) is 4.88 Å². The first kappa shape index (κ1) is 17.4. The molecule has 2 N–H and O–H groups in total. The Morgan fingerprint density at radius 1 is 1.36 bits per heavy atom. The van der Waals surface area contributed by atoms with Gasteiger partial charge in [-0.3, -0.25) is 4.79 Å². The number of amides is 1. The molecule has 3 rings (SSSR count). The second-order valence-corrected chi connectivity index (χ2v) is 7.34. The zero-order valence-electron chi connectivity index (χ0n) is 14.0. The Labute approximate surface area is 150 Å². The van der Waals surface area contributed by atoms with E-state index in [1.807, 2.05) is 6.07 Å². The van der Waals surface area contributed by atoms with Gasteiger partial charge in [0.05, 0.1) is 16.7 Å². The second kappa shape index (κ2) is 7.61. The maximum Gasteiger partial charge on any atom is 0.335 e. The molecule has 0 fully saturated rings. The monoisotopic (exact) mass is 356 g/mol. The number of carboxylic acid groups (broad SMARTS) is 1. The summed E-state index contributed by atoms with van der Waals surface area (Å²) in [5.41, 5.74) is 4.79. The largest absolute Gasteiger partial charge is 0.478 e. The smallest absolute Gasteiger partial charge is 0.335 e. The predicted molar refractivity (Wildman–Crippen MR) is 98.6 cm³/mol. The Kier molecular flexibility index (Phi) is 5.28. The molecule has 0 radical (unpaired) electrons. The van der Waals surface area contributed by atoms with E-state index >= 15 is 0 Å². The fourth-order valence-electron chi connectivity index (χ4n) is 2.99. The van der Waals surface area contributed by atoms with Gasteiger partial charge >= 0.3 is 5.97 Å². The molecule has 0 saturated carbocycles. The predicted octanol–water partition coefficient (Wildman–Crippen LogP) is 3.73. The Bertz CT molecular complexity index is 809. The number of carbonyl (C=O) groups is 2. The van der Waals surface area contributed by atoms with Crippen molar-refractivity contribution in [1.29, 1.82) is 0 Å². The number of aromatic carboxylic acids is 1. The highest BCUT2D eigenvalue weighted by Crippen LogP contribution is 2.33. The topological polar surface area (TPSA) is 78.8 Å². The van der Waals surface area contributed by atoms with Crippen LogP contribution in [0.1, 0.15) is 55.8 Å². The van der Waals surface area contributed by atoms with Gasteiger partial charge in [-0.15, -0.1) is 11.3 Å². The van der Waals surface area contributed by atoms with Crippen molar-refractivity contribution in [2.75, 3.05) is 0 Å². The molecule has 5 nitrogen and oxygen atoms in total. The highest BCUT2D eigenvalue weighted by molar-refractivity contribution is 7.14. The minimum absolute atomic E-state index is 0.203. The second-order valence-electron chi connectivity index (χ2n) is 6.20. The highest BCUT2D eigenvalue weighted by Gasteiger charge is 2.21. The number of hydrogen-bond acceptors (Lipinski definition) is 4. The van der Waals surface area contributed by atoms with E-state index in [1.165, 1.54) is 41.6 Å². The number of fused-ring (bicyclic) bond motifs is 1. The van der Waals surface area contributed by atoms with E-state index in [0.717, 1.165) is 24.3 Å². The van der Waals surface area contributed by atoms with Crippen molar-refractivity contribution in [3.05, 3.63) is 56.8 Å². The normalized spacial score (nSPS) is 16.6. The molecule has 6 heteroatoms. The minimum atomic E-state index is -0.969. The Morgan fingerprint density at radius 2 is 2.12 bits per heavy atom. The summed E-state index contributed by atoms with van der Waals surface area (Å²) in [4.78, 5) is 25.1. The third kappa shape index (κ3) is 4.14. The van der Waals surface area contributed by atoms with Gasteiger partial charge in [0.15, 0.2) is 0 Å². The lowest BCUT2D eigenvalue weighted by atomic mass is 9.87. The Balaban J connectivity index is 1.61. The summed E-state index contributed by atoms with van der Waals surface area (Å²) in [6.07, 6.45) is 6.02. The van der Waals surface area contributed by atoms with Crippen molar-refractivity contribution in [2.45, 2.75) is 32.6 Å². The number of rotatable bonds is 5. The van der Waals surface area contributed by atoms with Crippen LogP contribution in [0, 0.1) is 5.92 Å². The third-order valence-electron chi connectivity index (χ3n) is 4.52. The quantitative estimate of drug-likeness (QED) is 0.633. The Morgan fingerprint density at radius 3 is 2.80 bits per heavy atom. The molecule has 1 aliphatic carbocycles. The number of nitrogens with zero attached hydrogens (tertiary/aromatic N) is 1. The number of benzene rings is 1. The number of hydrazone groups is 1. The van der Waals surface area contributed by atoms with E-state index in [4.69, 9.17) is 5.11 Å².